The first-order chi connectivity index (χ1) is 6.19. The lowest BCUT2D eigenvalue weighted by Crippen LogP contribution is -2.07. The Labute approximate surface area is 78.7 Å². The molecule has 1 aromatic heterocycles. The van der Waals surface area contributed by atoms with Crippen LogP contribution in [0.3, 0.4) is 0 Å². The van der Waals surface area contributed by atoms with Crippen LogP contribution in [0.5, 0.6) is 5.88 Å². The van der Waals surface area contributed by atoms with Gasteiger partial charge in [-0.15, -0.1) is 0 Å². The topological polar surface area (TPSA) is 53.1 Å². The molecule has 2 N–H and O–H groups in total. The Morgan fingerprint density at radius 2 is 2.31 bits per heavy atom. The average molecular weight is 183 g/mol. The Balaban J connectivity index is 2.90. The van der Waals surface area contributed by atoms with Crippen molar-refractivity contribution in [3.63, 3.8) is 0 Å². The van der Waals surface area contributed by atoms with Gasteiger partial charge in [0.15, 0.2) is 0 Å². The highest BCUT2D eigenvalue weighted by Gasteiger charge is 2.09. The summed E-state index contributed by atoms with van der Waals surface area (Å²) in [6, 6.07) is 2.26. The molecule has 1 heterocycles. The van der Waals surface area contributed by atoms with E-state index in [0.717, 1.165) is 18.0 Å². The minimum absolute atomic E-state index is 0.321. The molecular weight excluding hydrogens is 166 g/mol. The summed E-state index contributed by atoms with van der Waals surface area (Å²) in [5.74, 6) is 0.804. The minimum Gasteiger partial charge on any atom is -0.481 e. The second-order valence-electron chi connectivity index (χ2n) is 3.26. The van der Waals surface area contributed by atoms with Gasteiger partial charge in [0.2, 0.25) is 5.88 Å². The molecule has 0 amide bonds. The van der Waals surface area contributed by atoms with Gasteiger partial charge in [-0.25, -0.2) is 4.68 Å². The molecule has 13 heavy (non-hydrogen) atoms. The Kier molecular flexibility index (Phi) is 3.31. The van der Waals surface area contributed by atoms with E-state index in [1.807, 2.05) is 10.7 Å². The molecule has 0 aliphatic carbocycles. The lowest BCUT2D eigenvalue weighted by Gasteiger charge is -2.08. The summed E-state index contributed by atoms with van der Waals surface area (Å²) in [5.41, 5.74) is 6.44. The van der Waals surface area contributed by atoms with Crippen LogP contribution in [0.15, 0.2) is 6.07 Å². The molecule has 0 saturated carbocycles. The van der Waals surface area contributed by atoms with E-state index in [1.54, 1.807) is 7.11 Å². The fraction of sp³-hybridized carbons (Fsp3) is 0.667. The number of ether oxygens (including phenoxy) is 1. The van der Waals surface area contributed by atoms with Crippen LogP contribution in [0.2, 0.25) is 0 Å². The zero-order valence-corrected chi connectivity index (χ0v) is 8.45. The SMILES string of the molecule is COc1cc(CCN)nn1C(C)C. The molecular formula is C9H17N3O. The summed E-state index contributed by atoms with van der Waals surface area (Å²) in [6.45, 7) is 4.77. The number of nitrogens with two attached hydrogens (primary N) is 1. The first kappa shape index (κ1) is 10.1. The summed E-state index contributed by atoms with van der Waals surface area (Å²) in [4.78, 5) is 0. The molecule has 1 aromatic rings. The van der Waals surface area contributed by atoms with Gasteiger partial charge in [0, 0.05) is 12.5 Å². The van der Waals surface area contributed by atoms with Gasteiger partial charge in [0.1, 0.15) is 0 Å². The number of aromatic nitrogens is 2. The Morgan fingerprint density at radius 1 is 1.62 bits per heavy atom. The third kappa shape index (κ3) is 2.21. The van der Waals surface area contributed by atoms with E-state index in [1.165, 1.54) is 0 Å². The molecule has 1 rings (SSSR count). The standard InChI is InChI=1S/C9H17N3O/c1-7(2)12-9(13-3)6-8(11-12)4-5-10/h6-7H,4-5,10H2,1-3H3. The van der Waals surface area contributed by atoms with Crippen LogP contribution >= 0.6 is 0 Å². The van der Waals surface area contributed by atoms with E-state index in [9.17, 15) is 0 Å². The molecule has 4 nitrogen and oxygen atoms in total. The van der Waals surface area contributed by atoms with Gasteiger partial charge in [-0.3, -0.25) is 0 Å². The zero-order valence-electron chi connectivity index (χ0n) is 8.45. The van der Waals surface area contributed by atoms with E-state index in [2.05, 4.69) is 18.9 Å². The highest BCUT2D eigenvalue weighted by Crippen LogP contribution is 2.18. The first-order valence-electron chi connectivity index (χ1n) is 4.51. The van der Waals surface area contributed by atoms with Crippen molar-refractivity contribution in [1.29, 1.82) is 0 Å². The highest BCUT2D eigenvalue weighted by molar-refractivity contribution is 5.17. The smallest absolute Gasteiger partial charge is 0.211 e. The van der Waals surface area contributed by atoms with Crippen molar-refractivity contribution < 1.29 is 4.74 Å². The molecule has 0 aliphatic rings. The molecule has 0 aromatic carbocycles. The quantitative estimate of drug-likeness (QED) is 0.756. The third-order valence-electron chi connectivity index (χ3n) is 1.85. The van der Waals surface area contributed by atoms with Crippen molar-refractivity contribution in [2.75, 3.05) is 13.7 Å². The second-order valence-corrected chi connectivity index (χ2v) is 3.26. The first-order valence-corrected chi connectivity index (χ1v) is 4.51. The largest absolute Gasteiger partial charge is 0.481 e. The van der Waals surface area contributed by atoms with Crippen molar-refractivity contribution in [2.24, 2.45) is 5.73 Å². The van der Waals surface area contributed by atoms with Crippen molar-refractivity contribution in [2.45, 2.75) is 26.3 Å². The molecule has 4 heteroatoms. The molecule has 0 aliphatic heterocycles. The van der Waals surface area contributed by atoms with E-state index < -0.39 is 0 Å². The molecule has 0 saturated heterocycles. The molecule has 0 radical (unpaired) electrons. The number of rotatable bonds is 4. The maximum atomic E-state index is 5.45. The summed E-state index contributed by atoms with van der Waals surface area (Å²) >= 11 is 0. The van der Waals surface area contributed by atoms with Crippen LogP contribution in [0, 0.1) is 0 Å². The lowest BCUT2D eigenvalue weighted by molar-refractivity contribution is 0.345. The summed E-state index contributed by atoms with van der Waals surface area (Å²) < 4.78 is 7.06. The van der Waals surface area contributed by atoms with Crippen LogP contribution in [-0.4, -0.2) is 23.4 Å². The van der Waals surface area contributed by atoms with Crippen molar-refractivity contribution in [3.8, 4) is 5.88 Å². The van der Waals surface area contributed by atoms with Crippen molar-refractivity contribution in [1.82, 2.24) is 9.78 Å². The van der Waals surface area contributed by atoms with Crippen LogP contribution in [0.1, 0.15) is 25.6 Å². The molecule has 0 bridgehead atoms. The van der Waals surface area contributed by atoms with Crippen molar-refractivity contribution in [3.05, 3.63) is 11.8 Å². The van der Waals surface area contributed by atoms with Crippen LogP contribution in [-0.2, 0) is 6.42 Å². The minimum atomic E-state index is 0.321. The monoisotopic (exact) mass is 183 g/mol. The second kappa shape index (κ2) is 4.28. The summed E-state index contributed by atoms with van der Waals surface area (Å²) in [7, 11) is 1.65. The van der Waals surface area contributed by atoms with Gasteiger partial charge < -0.3 is 10.5 Å². The van der Waals surface area contributed by atoms with Gasteiger partial charge >= 0.3 is 0 Å². The number of hydrogen-bond acceptors (Lipinski definition) is 3. The molecule has 74 valence electrons. The normalized spacial score (nSPS) is 10.8. The van der Waals surface area contributed by atoms with Gasteiger partial charge in [-0.2, -0.15) is 5.10 Å². The van der Waals surface area contributed by atoms with Crippen LogP contribution in [0.4, 0.5) is 0 Å². The van der Waals surface area contributed by atoms with Gasteiger partial charge in [-0.1, -0.05) is 0 Å². The lowest BCUT2D eigenvalue weighted by atomic mass is 10.3. The summed E-state index contributed by atoms with van der Waals surface area (Å²) in [5, 5.41) is 4.38. The van der Waals surface area contributed by atoms with E-state index in [4.69, 9.17) is 10.5 Å². The predicted molar refractivity (Wildman–Crippen MR) is 51.9 cm³/mol. The Hall–Kier alpha value is -1.03. The predicted octanol–water partition coefficient (Wildman–Crippen LogP) is 0.974. The van der Waals surface area contributed by atoms with Crippen molar-refractivity contribution >= 4 is 0 Å². The highest BCUT2D eigenvalue weighted by atomic mass is 16.5. The number of nitrogens with zero attached hydrogens (tertiary/aromatic N) is 2. The Bertz CT molecular complexity index is 268. The number of hydrogen-bond donors (Lipinski definition) is 1. The van der Waals surface area contributed by atoms with Crippen LogP contribution in [0.25, 0.3) is 0 Å². The van der Waals surface area contributed by atoms with Gasteiger partial charge in [0.05, 0.1) is 18.8 Å². The fourth-order valence-electron chi connectivity index (χ4n) is 1.22. The molecule has 0 atom stereocenters. The maximum Gasteiger partial charge on any atom is 0.211 e. The average Bonchev–Trinajstić information content (AvgIpc) is 2.48. The van der Waals surface area contributed by atoms with Crippen LogP contribution < -0.4 is 10.5 Å². The third-order valence-corrected chi connectivity index (χ3v) is 1.85. The molecule has 0 fully saturated rings. The molecule has 0 spiro atoms. The van der Waals surface area contributed by atoms with E-state index in [0.29, 0.717) is 12.6 Å². The summed E-state index contributed by atoms with van der Waals surface area (Å²) in [6.07, 6.45) is 0.802. The van der Waals surface area contributed by atoms with E-state index in [-0.39, 0.29) is 0 Å². The zero-order chi connectivity index (χ0) is 9.84. The maximum absolute atomic E-state index is 5.45. The van der Waals surface area contributed by atoms with E-state index >= 15 is 0 Å². The molecule has 0 unspecified atom stereocenters. The fourth-order valence-corrected chi connectivity index (χ4v) is 1.22. The number of methoxy groups -OCH3 is 1. The van der Waals surface area contributed by atoms with Gasteiger partial charge in [0.25, 0.3) is 0 Å². The van der Waals surface area contributed by atoms with Gasteiger partial charge in [-0.05, 0) is 20.4 Å². The Morgan fingerprint density at radius 3 is 2.69 bits per heavy atom.